The second-order valence-electron chi connectivity index (χ2n) is 7.38. The first kappa shape index (κ1) is 18.1. The molecule has 0 radical (unpaired) electrons. The Kier molecular flexibility index (Phi) is 5.09. The molecule has 2 aromatic carbocycles. The molecular weight excluding hydrogens is 326 g/mol. The molecule has 3 aromatic rings. The van der Waals surface area contributed by atoms with E-state index in [-0.39, 0.29) is 5.97 Å². The Morgan fingerprint density at radius 2 is 1.77 bits per heavy atom. The van der Waals surface area contributed by atoms with E-state index >= 15 is 0 Å². The van der Waals surface area contributed by atoms with Gasteiger partial charge in [0.1, 0.15) is 11.4 Å². The second kappa shape index (κ2) is 7.30. The number of carbonyl (C=O) groups is 1. The first-order chi connectivity index (χ1) is 12.3. The Bertz CT molecular complexity index is 905. The quantitative estimate of drug-likeness (QED) is 0.710. The fourth-order valence-electron chi connectivity index (χ4n) is 2.77. The minimum atomic E-state index is -0.483. The first-order valence-electron chi connectivity index (χ1n) is 8.77. The third-order valence-corrected chi connectivity index (χ3v) is 4.08. The van der Waals surface area contributed by atoms with Gasteiger partial charge in [-0.05, 0) is 50.6 Å². The molecule has 0 saturated heterocycles. The zero-order valence-corrected chi connectivity index (χ0v) is 15.7. The van der Waals surface area contributed by atoms with Gasteiger partial charge in [-0.15, -0.1) is 0 Å². The second-order valence-corrected chi connectivity index (χ2v) is 7.38. The summed E-state index contributed by atoms with van der Waals surface area (Å²) in [5.41, 5.74) is 3.33. The van der Waals surface area contributed by atoms with E-state index in [0.717, 1.165) is 22.4 Å². The van der Waals surface area contributed by atoms with Crippen LogP contribution in [0.4, 0.5) is 0 Å². The SMILES string of the molecule is Cn1c(CNCc2ccc(C(=O)OC(C)(C)C)cc2)nc2ccccc21. The van der Waals surface area contributed by atoms with Crippen LogP contribution in [0.25, 0.3) is 11.0 Å². The summed E-state index contributed by atoms with van der Waals surface area (Å²) in [4.78, 5) is 16.7. The predicted octanol–water partition coefficient (Wildman–Crippen LogP) is 3.82. The number of nitrogens with zero attached hydrogens (tertiary/aromatic N) is 2. The molecule has 5 nitrogen and oxygen atoms in total. The van der Waals surface area contributed by atoms with Crippen LogP contribution in [-0.4, -0.2) is 21.1 Å². The van der Waals surface area contributed by atoms with Gasteiger partial charge < -0.3 is 14.6 Å². The van der Waals surface area contributed by atoms with Gasteiger partial charge in [-0.25, -0.2) is 9.78 Å². The van der Waals surface area contributed by atoms with Gasteiger partial charge in [-0.1, -0.05) is 24.3 Å². The van der Waals surface area contributed by atoms with E-state index in [9.17, 15) is 4.79 Å². The minimum absolute atomic E-state index is 0.295. The topological polar surface area (TPSA) is 56.2 Å². The number of hydrogen-bond acceptors (Lipinski definition) is 4. The highest BCUT2D eigenvalue weighted by Gasteiger charge is 2.17. The number of fused-ring (bicyclic) bond motifs is 1. The van der Waals surface area contributed by atoms with Crippen molar-refractivity contribution in [3.8, 4) is 0 Å². The molecule has 0 aliphatic heterocycles. The highest BCUT2D eigenvalue weighted by atomic mass is 16.6. The maximum Gasteiger partial charge on any atom is 0.338 e. The normalized spacial score (nSPS) is 11.7. The summed E-state index contributed by atoms with van der Waals surface area (Å²) in [7, 11) is 2.03. The summed E-state index contributed by atoms with van der Waals surface area (Å²) in [6.07, 6.45) is 0. The molecule has 1 heterocycles. The maximum atomic E-state index is 12.0. The van der Waals surface area contributed by atoms with Gasteiger partial charge in [0.25, 0.3) is 0 Å². The number of aromatic nitrogens is 2. The number of hydrogen-bond donors (Lipinski definition) is 1. The molecular formula is C21H25N3O2. The maximum absolute atomic E-state index is 12.0. The zero-order chi connectivity index (χ0) is 18.7. The van der Waals surface area contributed by atoms with Gasteiger partial charge in [-0.2, -0.15) is 0 Å². The van der Waals surface area contributed by atoms with Crippen molar-refractivity contribution in [2.75, 3.05) is 0 Å². The molecule has 3 rings (SSSR count). The predicted molar refractivity (Wildman–Crippen MR) is 103 cm³/mol. The highest BCUT2D eigenvalue weighted by molar-refractivity contribution is 5.89. The minimum Gasteiger partial charge on any atom is -0.456 e. The van der Waals surface area contributed by atoms with E-state index < -0.39 is 5.60 Å². The third kappa shape index (κ3) is 4.29. The van der Waals surface area contributed by atoms with Crippen LogP contribution in [-0.2, 0) is 24.9 Å². The summed E-state index contributed by atoms with van der Waals surface area (Å²) >= 11 is 0. The number of esters is 1. The van der Waals surface area contributed by atoms with Crippen LogP contribution in [0.3, 0.4) is 0 Å². The zero-order valence-electron chi connectivity index (χ0n) is 15.7. The van der Waals surface area contributed by atoms with Gasteiger partial charge >= 0.3 is 5.97 Å². The number of nitrogens with one attached hydrogen (secondary N) is 1. The van der Waals surface area contributed by atoms with Crippen molar-refractivity contribution in [2.45, 2.75) is 39.5 Å². The molecule has 1 N–H and O–H groups in total. The van der Waals surface area contributed by atoms with Gasteiger partial charge in [0.2, 0.25) is 0 Å². The van der Waals surface area contributed by atoms with Crippen molar-refractivity contribution in [2.24, 2.45) is 7.05 Å². The van der Waals surface area contributed by atoms with Crippen LogP contribution in [0, 0.1) is 0 Å². The van der Waals surface area contributed by atoms with E-state index in [1.54, 1.807) is 12.1 Å². The highest BCUT2D eigenvalue weighted by Crippen LogP contribution is 2.15. The van der Waals surface area contributed by atoms with Crippen molar-refractivity contribution in [3.05, 3.63) is 65.5 Å². The van der Waals surface area contributed by atoms with Crippen LogP contribution in [0.2, 0.25) is 0 Å². The Labute approximate surface area is 154 Å². The lowest BCUT2D eigenvalue weighted by Gasteiger charge is -2.19. The summed E-state index contributed by atoms with van der Waals surface area (Å²) in [6.45, 7) is 6.98. The number of rotatable bonds is 5. The molecule has 0 spiro atoms. The summed E-state index contributed by atoms with van der Waals surface area (Å²) in [5, 5.41) is 3.41. The Morgan fingerprint density at radius 3 is 2.42 bits per heavy atom. The van der Waals surface area contributed by atoms with Crippen molar-refractivity contribution in [3.63, 3.8) is 0 Å². The monoisotopic (exact) mass is 351 g/mol. The summed E-state index contributed by atoms with van der Waals surface area (Å²) < 4.78 is 7.48. The molecule has 0 atom stereocenters. The molecule has 0 saturated carbocycles. The number of aryl methyl sites for hydroxylation is 1. The van der Waals surface area contributed by atoms with Crippen LogP contribution in [0.15, 0.2) is 48.5 Å². The molecule has 1 aromatic heterocycles. The van der Waals surface area contributed by atoms with Crippen molar-refractivity contribution in [1.82, 2.24) is 14.9 Å². The van der Waals surface area contributed by atoms with Crippen molar-refractivity contribution in [1.29, 1.82) is 0 Å². The number of carbonyl (C=O) groups excluding carboxylic acids is 1. The van der Waals surface area contributed by atoms with Crippen LogP contribution < -0.4 is 5.32 Å². The van der Waals surface area contributed by atoms with Gasteiger partial charge in [0.05, 0.1) is 23.1 Å². The molecule has 0 unspecified atom stereocenters. The average Bonchev–Trinajstić information content (AvgIpc) is 2.90. The number of benzene rings is 2. The average molecular weight is 351 g/mol. The van der Waals surface area contributed by atoms with E-state index in [1.807, 2.05) is 58.2 Å². The van der Waals surface area contributed by atoms with E-state index in [0.29, 0.717) is 18.7 Å². The Morgan fingerprint density at radius 1 is 1.08 bits per heavy atom. The summed E-state index contributed by atoms with van der Waals surface area (Å²) in [5.74, 6) is 0.702. The lowest BCUT2D eigenvalue weighted by molar-refractivity contribution is 0.00695. The van der Waals surface area contributed by atoms with Gasteiger partial charge in [-0.3, -0.25) is 0 Å². The number of para-hydroxylation sites is 2. The molecule has 136 valence electrons. The molecule has 0 aliphatic rings. The first-order valence-corrected chi connectivity index (χ1v) is 8.77. The van der Waals surface area contributed by atoms with Crippen molar-refractivity contribution < 1.29 is 9.53 Å². The number of imidazole rings is 1. The lowest BCUT2D eigenvalue weighted by Crippen LogP contribution is -2.23. The van der Waals surface area contributed by atoms with Crippen molar-refractivity contribution >= 4 is 17.0 Å². The number of ether oxygens (including phenoxy) is 1. The Hall–Kier alpha value is -2.66. The van der Waals surface area contributed by atoms with Crippen LogP contribution in [0.5, 0.6) is 0 Å². The van der Waals surface area contributed by atoms with Crippen LogP contribution in [0.1, 0.15) is 42.5 Å². The third-order valence-electron chi connectivity index (χ3n) is 4.08. The summed E-state index contributed by atoms with van der Waals surface area (Å²) in [6, 6.07) is 15.6. The fourth-order valence-corrected chi connectivity index (χ4v) is 2.77. The molecule has 5 heteroatoms. The largest absolute Gasteiger partial charge is 0.456 e. The molecule has 0 fully saturated rings. The molecule has 0 bridgehead atoms. The Balaban J connectivity index is 1.58. The van der Waals surface area contributed by atoms with E-state index in [2.05, 4.69) is 20.9 Å². The molecule has 0 amide bonds. The smallest absolute Gasteiger partial charge is 0.338 e. The fraction of sp³-hybridized carbons (Fsp3) is 0.333. The van der Waals surface area contributed by atoms with Crippen LogP contribution >= 0.6 is 0 Å². The van der Waals surface area contributed by atoms with Gasteiger partial charge in [0.15, 0.2) is 0 Å². The molecule has 26 heavy (non-hydrogen) atoms. The van der Waals surface area contributed by atoms with E-state index in [4.69, 9.17) is 4.74 Å². The standard InChI is InChI=1S/C21H25N3O2/c1-21(2,3)26-20(25)16-11-9-15(10-12-16)13-22-14-19-23-17-7-5-6-8-18(17)24(19)4/h5-12,22H,13-14H2,1-4H3. The lowest BCUT2D eigenvalue weighted by atomic mass is 10.1. The van der Waals surface area contributed by atoms with Gasteiger partial charge in [0, 0.05) is 13.6 Å². The van der Waals surface area contributed by atoms with E-state index in [1.165, 1.54) is 0 Å². The molecule has 0 aliphatic carbocycles.